The fourth-order valence-electron chi connectivity index (χ4n) is 0.940. The van der Waals surface area contributed by atoms with Crippen molar-refractivity contribution in [2.75, 3.05) is 0 Å². The number of hydrogen-bond acceptors (Lipinski definition) is 3. The molecule has 0 aliphatic heterocycles. The van der Waals surface area contributed by atoms with Crippen LogP contribution in [0, 0.1) is 6.92 Å². The molecule has 0 saturated heterocycles. The average Bonchev–Trinajstić information content (AvgIpc) is 2.26. The minimum atomic E-state index is -0.589. The lowest BCUT2D eigenvalue weighted by Gasteiger charge is -1.91. The highest BCUT2D eigenvalue weighted by atomic mass is 16.6. The lowest BCUT2D eigenvalue weighted by Crippen LogP contribution is -1.87. The van der Waals surface area contributed by atoms with E-state index in [0.717, 1.165) is 19.3 Å². The predicted octanol–water partition coefficient (Wildman–Crippen LogP) is 1.88. The summed E-state index contributed by atoms with van der Waals surface area (Å²) in [5, 5.41) is 0. The van der Waals surface area contributed by atoms with Gasteiger partial charge in [-0.05, 0) is 13.3 Å². The van der Waals surface area contributed by atoms with Gasteiger partial charge >= 0.3 is 5.82 Å². The highest BCUT2D eigenvalue weighted by Gasteiger charge is 2.06. The van der Waals surface area contributed by atoms with Gasteiger partial charge < -0.3 is 8.83 Å². The minimum absolute atomic E-state index is 0.589. The van der Waals surface area contributed by atoms with Crippen LogP contribution in [-0.4, -0.2) is 0 Å². The standard InChI is InChI=1S/C8H12O3/c1-3-4-5-7-6(2)10-8(9)11-7/h3-5H2,1-2H3. The number of rotatable bonds is 3. The molecule has 0 saturated carbocycles. The Morgan fingerprint density at radius 1 is 1.36 bits per heavy atom. The molecular weight excluding hydrogens is 144 g/mol. The van der Waals surface area contributed by atoms with Crippen molar-refractivity contribution < 1.29 is 8.83 Å². The topological polar surface area (TPSA) is 43.4 Å². The second-order valence-corrected chi connectivity index (χ2v) is 2.54. The molecule has 62 valence electrons. The lowest BCUT2D eigenvalue weighted by atomic mass is 10.2. The molecule has 1 aromatic rings. The first kappa shape index (κ1) is 8.11. The third-order valence-electron chi connectivity index (χ3n) is 1.59. The third kappa shape index (κ3) is 1.97. The molecule has 11 heavy (non-hydrogen) atoms. The smallest absolute Gasteiger partial charge is 0.396 e. The van der Waals surface area contributed by atoms with Crippen molar-refractivity contribution in [3.8, 4) is 0 Å². The summed E-state index contributed by atoms with van der Waals surface area (Å²) in [6.07, 6.45) is 2.92. The highest BCUT2D eigenvalue weighted by molar-refractivity contribution is 4.99. The quantitative estimate of drug-likeness (QED) is 0.671. The summed E-state index contributed by atoms with van der Waals surface area (Å²) in [6, 6.07) is 0. The van der Waals surface area contributed by atoms with Crippen LogP contribution in [0.4, 0.5) is 0 Å². The monoisotopic (exact) mass is 156 g/mol. The Labute approximate surface area is 65.0 Å². The molecule has 1 aromatic heterocycles. The Balaban J connectivity index is 2.69. The average molecular weight is 156 g/mol. The first-order valence-corrected chi connectivity index (χ1v) is 3.83. The van der Waals surface area contributed by atoms with E-state index in [0.29, 0.717) is 11.5 Å². The van der Waals surface area contributed by atoms with E-state index in [9.17, 15) is 4.79 Å². The zero-order chi connectivity index (χ0) is 8.27. The van der Waals surface area contributed by atoms with Gasteiger partial charge in [-0.25, -0.2) is 4.79 Å². The van der Waals surface area contributed by atoms with Crippen LogP contribution >= 0.6 is 0 Å². The zero-order valence-corrected chi connectivity index (χ0v) is 6.85. The van der Waals surface area contributed by atoms with Crippen LogP contribution in [0.1, 0.15) is 31.3 Å². The van der Waals surface area contributed by atoms with Crippen molar-refractivity contribution in [1.82, 2.24) is 0 Å². The Bertz CT molecular complexity index is 269. The van der Waals surface area contributed by atoms with Gasteiger partial charge in [0.15, 0.2) is 0 Å². The fourth-order valence-corrected chi connectivity index (χ4v) is 0.940. The van der Waals surface area contributed by atoms with Crippen molar-refractivity contribution in [3.05, 3.63) is 22.1 Å². The molecule has 0 aromatic carbocycles. The van der Waals surface area contributed by atoms with Crippen LogP contribution in [0.5, 0.6) is 0 Å². The van der Waals surface area contributed by atoms with E-state index in [1.54, 1.807) is 6.92 Å². The molecule has 3 heteroatoms. The second-order valence-electron chi connectivity index (χ2n) is 2.54. The normalized spacial score (nSPS) is 10.4. The molecule has 0 unspecified atom stereocenters. The van der Waals surface area contributed by atoms with Crippen molar-refractivity contribution in [1.29, 1.82) is 0 Å². The fraction of sp³-hybridized carbons (Fsp3) is 0.625. The predicted molar refractivity (Wildman–Crippen MR) is 40.6 cm³/mol. The minimum Gasteiger partial charge on any atom is -0.396 e. The van der Waals surface area contributed by atoms with Crippen LogP contribution in [0.3, 0.4) is 0 Å². The van der Waals surface area contributed by atoms with Gasteiger partial charge in [-0.15, -0.1) is 0 Å². The highest BCUT2D eigenvalue weighted by Crippen LogP contribution is 2.08. The summed E-state index contributed by atoms with van der Waals surface area (Å²) < 4.78 is 9.48. The van der Waals surface area contributed by atoms with Gasteiger partial charge in [0, 0.05) is 6.42 Å². The first-order valence-electron chi connectivity index (χ1n) is 3.83. The molecule has 1 rings (SSSR count). The largest absolute Gasteiger partial charge is 0.519 e. The van der Waals surface area contributed by atoms with Crippen LogP contribution < -0.4 is 5.82 Å². The molecule has 0 aliphatic carbocycles. The van der Waals surface area contributed by atoms with Crippen molar-refractivity contribution >= 4 is 0 Å². The molecule has 0 amide bonds. The molecule has 0 atom stereocenters. The molecular formula is C8H12O3. The SMILES string of the molecule is CCCCc1oc(=O)oc1C. The maximum Gasteiger partial charge on any atom is 0.519 e. The van der Waals surface area contributed by atoms with Crippen molar-refractivity contribution in [2.45, 2.75) is 33.1 Å². The van der Waals surface area contributed by atoms with Gasteiger partial charge in [-0.3, -0.25) is 0 Å². The summed E-state index contributed by atoms with van der Waals surface area (Å²) in [7, 11) is 0. The van der Waals surface area contributed by atoms with Crippen LogP contribution in [0.25, 0.3) is 0 Å². The molecule has 0 spiro atoms. The van der Waals surface area contributed by atoms with Crippen molar-refractivity contribution in [2.24, 2.45) is 0 Å². The Morgan fingerprint density at radius 2 is 2.09 bits per heavy atom. The molecule has 0 bridgehead atoms. The molecule has 1 heterocycles. The van der Waals surface area contributed by atoms with Crippen molar-refractivity contribution in [3.63, 3.8) is 0 Å². The lowest BCUT2D eigenvalue weighted by molar-refractivity contribution is 0.368. The van der Waals surface area contributed by atoms with E-state index >= 15 is 0 Å². The number of hydrogen-bond donors (Lipinski definition) is 0. The maximum absolute atomic E-state index is 10.5. The van der Waals surface area contributed by atoms with E-state index in [1.165, 1.54) is 0 Å². The van der Waals surface area contributed by atoms with E-state index in [4.69, 9.17) is 4.42 Å². The van der Waals surface area contributed by atoms with Crippen LogP contribution in [0.2, 0.25) is 0 Å². The third-order valence-corrected chi connectivity index (χ3v) is 1.59. The zero-order valence-electron chi connectivity index (χ0n) is 6.85. The molecule has 0 fully saturated rings. The maximum atomic E-state index is 10.5. The number of aryl methyl sites for hydroxylation is 2. The van der Waals surface area contributed by atoms with Gasteiger partial charge in [0.1, 0.15) is 11.5 Å². The molecule has 0 radical (unpaired) electrons. The van der Waals surface area contributed by atoms with Gasteiger partial charge in [0.2, 0.25) is 0 Å². The molecule has 0 aliphatic rings. The van der Waals surface area contributed by atoms with E-state index in [-0.39, 0.29) is 0 Å². The van der Waals surface area contributed by atoms with Crippen LogP contribution in [-0.2, 0) is 6.42 Å². The second kappa shape index (κ2) is 3.42. The Morgan fingerprint density at radius 3 is 2.55 bits per heavy atom. The summed E-state index contributed by atoms with van der Waals surface area (Å²) in [5.74, 6) is 0.717. The number of unbranched alkanes of at least 4 members (excludes halogenated alkanes) is 1. The van der Waals surface area contributed by atoms with Gasteiger partial charge in [-0.2, -0.15) is 0 Å². The van der Waals surface area contributed by atoms with Crippen LogP contribution in [0.15, 0.2) is 13.6 Å². The van der Waals surface area contributed by atoms with E-state index in [2.05, 4.69) is 11.3 Å². The van der Waals surface area contributed by atoms with Gasteiger partial charge in [0.05, 0.1) is 0 Å². The van der Waals surface area contributed by atoms with Gasteiger partial charge in [-0.1, -0.05) is 13.3 Å². The summed E-state index contributed by atoms with van der Waals surface area (Å²) in [6.45, 7) is 3.84. The molecule has 0 N–H and O–H groups in total. The Hall–Kier alpha value is -0.990. The summed E-state index contributed by atoms with van der Waals surface area (Å²) >= 11 is 0. The van der Waals surface area contributed by atoms with E-state index < -0.39 is 5.82 Å². The summed E-state index contributed by atoms with van der Waals surface area (Å²) in [4.78, 5) is 10.5. The van der Waals surface area contributed by atoms with Gasteiger partial charge in [0.25, 0.3) is 0 Å². The Kier molecular flexibility index (Phi) is 2.52. The molecule has 3 nitrogen and oxygen atoms in total. The first-order chi connectivity index (χ1) is 5.24. The summed E-state index contributed by atoms with van der Waals surface area (Å²) in [5.41, 5.74) is 0. The van der Waals surface area contributed by atoms with E-state index in [1.807, 2.05) is 0 Å².